The van der Waals surface area contributed by atoms with Crippen LogP contribution in [0.25, 0.3) is 0 Å². The molecule has 1 N–H and O–H groups in total. The van der Waals surface area contributed by atoms with Gasteiger partial charge in [0.25, 0.3) is 0 Å². The summed E-state index contributed by atoms with van der Waals surface area (Å²) >= 11 is 1.86. The molecule has 0 aliphatic carbocycles. The molecule has 0 aliphatic rings. The first-order valence-corrected chi connectivity index (χ1v) is 7.33. The van der Waals surface area contributed by atoms with E-state index in [1.54, 1.807) is 0 Å². The zero-order chi connectivity index (χ0) is 12.0. The summed E-state index contributed by atoms with van der Waals surface area (Å²) in [6.07, 6.45) is 3.74. The summed E-state index contributed by atoms with van der Waals surface area (Å²) < 4.78 is 0. The number of nitrogens with one attached hydrogen (secondary N) is 1. The fourth-order valence-corrected chi connectivity index (χ4v) is 2.63. The van der Waals surface area contributed by atoms with E-state index in [4.69, 9.17) is 0 Å². The summed E-state index contributed by atoms with van der Waals surface area (Å²) in [5.41, 5.74) is 1.48. The number of thiophene rings is 1. The summed E-state index contributed by atoms with van der Waals surface area (Å²) in [5, 5.41) is 5.98. The van der Waals surface area contributed by atoms with Crippen LogP contribution in [0.5, 0.6) is 0 Å². The molecule has 0 fully saturated rings. The molecule has 0 saturated heterocycles. The van der Waals surface area contributed by atoms with Gasteiger partial charge in [-0.1, -0.05) is 27.2 Å². The summed E-state index contributed by atoms with van der Waals surface area (Å²) in [6.45, 7) is 10.2. The number of hydrogen-bond acceptors (Lipinski definition) is 2. The monoisotopic (exact) mass is 239 g/mol. The maximum atomic E-state index is 3.67. The molecule has 1 aromatic heterocycles. The molecule has 2 atom stereocenters. The molecule has 0 aliphatic heterocycles. The van der Waals surface area contributed by atoms with Crippen LogP contribution in [0.15, 0.2) is 11.4 Å². The first-order chi connectivity index (χ1) is 7.67. The van der Waals surface area contributed by atoms with Crippen molar-refractivity contribution in [3.8, 4) is 0 Å². The van der Waals surface area contributed by atoms with E-state index >= 15 is 0 Å². The largest absolute Gasteiger partial charge is 0.310 e. The molecule has 1 rings (SSSR count). The molecule has 0 aromatic carbocycles. The van der Waals surface area contributed by atoms with Crippen molar-refractivity contribution in [3.63, 3.8) is 0 Å². The maximum Gasteiger partial charge on any atom is 0.0331 e. The molecule has 2 unspecified atom stereocenters. The predicted molar refractivity (Wildman–Crippen MR) is 74.2 cm³/mol. The van der Waals surface area contributed by atoms with E-state index in [2.05, 4.69) is 44.5 Å². The van der Waals surface area contributed by atoms with Gasteiger partial charge in [0.1, 0.15) is 0 Å². The molecule has 92 valence electrons. The third kappa shape index (κ3) is 4.26. The van der Waals surface area contributed by atoms with Gasteiger partial charge in [0.05, 0.1) is 0 Å². The Balaban J connectivity index is 2.62. The van der Waals surface area contributed by atoms with Crippen molar-refractivity contribution in [2.75, 3.05) is 6.54 Å². The van der Waals surface area contributed by atoms with Crippen molar-refractivity contribution >= 4 is 11.3 Å². The molecule has 0 radical (unpaired) electrons. The normalized spacial score (nSPS) is 15.0. The summed E-state index contributed by atoms with van der Waals surface area (Å²) in [6, 6.07) is 2.89. The second kappa shape index (κ2) is 7.08. The van der Waals surface area contributed by atoms with E-state index in [0.29, 0.717) is 6.04 Å². The highest BCUT2D eigenvalue weighted by molar-refractivity contribution is 7.10. The van der Waals surface area contributed by atoms with Gasteiger partial charge in [0.2, 0.25) is 0 Å². The van der Waals surface area contributed by atoms with Gasteiger partial charge in [-0.2, -0.15) is 0 Å². The van der Waals surface area contributed by atoms with Gasteiger partial charge in [-0.05, 0) is 49.2 Å². The van der Waals surface area contributed by atoms with Crippen molar-refractivity contribution in [3.05, 3.63) is 21.9 Å². The molecule has 0 saturated carbocycles. The van der Waals surface area contributed by atoms with Crippen LogP contribution in [0.4, 0.5) is 0 Å². The lowest BCUT2D eigenvalue weighted by molar-refractivity contribution is 0.403. The van der Waals surface area contributed by atoms with Crippen molar-refractivity contribution in [2.24, 2.45) is 5.92 Å². The van der Waals surface area contributed by atoms with Crippen LogP contribution in [-0.2, 0) is 0 Å². The van der Waals surface area contributed by atoms with Crippen molar-refractivity contribution in [1.29, 1.82) is 0 Å². The minimum atomic E-state index is 0.555. The smallest absolute Gasteiger partial charge is 0.0331 e. The SMILES string of the molecule is CCCNC(CC(C)CC)c1csc(C)c1. The van der Waals surface area contributed by atoms with Crippen LogP contribution in [-0.4, -0.2) is 6.54 Å². The van der Waals surface area contributed by atoms with Crippen LogP contribution in [0.1, 0.15) is 56.5 Å². The lowest BCUT2D eigenvalue weighted by atomic mass is 9.95. The van der Waals surface area contributed by atoms with Crippen molar-refractivity contribution < 1.29 is 0 Å². The fraction of sp³-hybridized carbons (Fsp3) is 0.714. The van der Waals surface area contributed by atoms with E-state index in [-0.39, 0.29) is 0 Å². The molecule has 1 heterocycles. The van der Waals surface area contributed by atoms with Crippen LogP contribution < -0.4 is 5.32 Å². The Kier molecular flexibility index (Phi) is 6.07. The van der Waals surface area contributed by atoms with Gasteiger partial charge < -0.3 is 5.32 Å². The zero-order valence-electron chi connectivity index (χ0n) is 11.0. The molecule has 0 bridgehead atoms. The average molecular weight is 239 g/mol. The Morgan fingerprint density at radius 3 is 2.62 bits per heavy atom. The van der Waals surface area contributed by atoms with Gasteiger partial charge in [-0.25, -0.2) is 0 Å². The lowest BCUT2D eigenvalue weighted by Gasteiger charge is -2.21. The van der Waals surface area contributed by atoms with Gasteiger partial charge in [0, 0.05) is 10.9 Å². The molecule has 0 amide bonds. The molecular weight excluding hydrogens is 214 g/mol. The third-order valence-electron chi connectivity index (χ3n) is 3.13. The molecule has 0 spiro atoms. The van der Waals surface area contributed by atoms with Crippen molar-refractivity contribution in [2.45, 2.75) is 53.0 Å². The highest BCUT2D eigenvalue weighted by atomic mass is 32.1. The number of rotatable bonds is 7. The predicted octanol–water partition coefficient (Wildman–Crippen LogP) is 4.53. The molecule has 1 aromatic rings. The standard InChI is InChI=1S/C14H25NS/c1-5-7-15-14(8-11(3)6-2)13-9-12(4)16-10-13/h9-11,14-15H,5-8H2,1-4H3. The van der Waals surface area contributed by atoms with Gasteiger partial charge in [0.15, 0.2) is 0 Å². The Hall–Kier alpha value is -0.340. The van der Waals surface area contributed by atoms with Crippen LogP contribution in [0.3, 0.4) is 0 Å². The molecule has 16 heavy (non-hydrogen) atoms. The third-order valence-corrected chi connectivity index (χ3v) is 4.01. The van der Waals surface area contributed by atoms with E-state index in [9.17, 15) is 0 Å². The highest BCUT2D eigenvalue weighted by Gasteiger charge is 2.14. The summed E-state index contributed by atoms with van der Waals surface area (Å²) in [4.78, 5) is 1.42. The zero-order valence-corrected chi connectivity index (χ0v) is 11.9. The minimum Gasteiger partial charge on any atom is -0.310 e. The Morgan fingerprint density at radius 2 is 2.12 bits per heavy atom. The van der Waals surface area contributed by atoms with Gasteiger partial charge in [-0.3, -0.25) is 0 Å². The Morgan fingerprint density at radius 1 is 1.38 bits per heavy atom. The van der Waals surface area contributed by atoms with E-state index < -0.39 is 0 Å². The van der Waals surface area contributed by atoms with Crippen molar-refractivity contribution in [1.82, 2.24) is 5.32 Å². The molecule has 2 heteroatoms. The quantitative estimate of drug-likeness (QED) is 0.737. The van der Waals surface area contributed by atoms with E-state index in [0.717, 1.165) is 12.5 Å². The van der Waals surface area contributed by atoms with Gasteiger partial charge >= 0.3 is 0 Å². The van der Waals surface area contributed by atoms with E-state index in [1.165, 1.54) is 29.7 Å². The van der Waals surface area contributed by atoms with E-state index in [1.807, 2.05) is 11.3 Å². The van der Waals surface area contributed by atoms with Gasteiger partial charge in [-0.15, -0.1) is 11.3 Å². The topological polar surface area (TPSA) is 12.0 Å². The number of hydrogen-bond donors (Lipinski definition) is 1. The first-order valence-electron chi connectivity index (χ1n) is 6.45. The maximum absolute atomic E-state index is 3.67. The second-order valence-corrected chi connectivity index (χ2v) is 5.86. The first kappa shape index (κ1) is 13.7. The van der Waals surface area contributed by atoms with Crippen LogP contribution >= 0.6 is 11.3 Å². The van der Waals surface area contributed by atoms with Crippen LogP contribution in [0.2, 0.25) is 0 Å². The molecule has 1 nitrogen and oxygen atoms in total. The lowest BCUT2D eigenvalue weighted by Crippen LogP contribution is -2.23. The average Bonchev–Trinajstić information content (AvgIpc) is 2.70. The summed E-state index contributed by atoms with van der Waals surface area (Å²) in [7, 11) is 0. The Labute approximate surface area is 104 Å². The fourth-order valence-electron chi connectivity index (χ4n) is 1.87. The minimum absolute atomic E-state index is 0.555. The Bertz CT molecular complexity index is 293. The molecular formula is C14H25NS. The second-order valence-electron chi connectivity index (χ2n) is 4.75. The highest BCUT2D eigenvalue weighted by Crippen LogP contribution is 2.26. The number of aryl methyl sites for hydroxylation is 1. The summed E-state index contributed by atoms with van der Waals surface area (Å²) in [5.74, 6) is 0.801. The van der Waals surface area contributed by atoms with Crippen LogP contribution in [0, 0.1) is 12.8 Å².